The maximum absolute atomic E-state index is 13.3. The van der Waals surface area contributed by atoms with E-state index in [9.17, 15) is 4.79 Å². The smallest absolute Gasteiger partial charge is 0.228 e. The van der Waals surface area contributed by atoms with Crippen LogP contribution in [-0.4, -0.2) is 5.91 Å². The first-order valence-electron chi connectivity index (χ1n) is 9.72. The molecule has 1 N–H and O–H groups in total. The number of carbonyl (C=O) groups is 1. The lowest BCUT2D eigenvalue weighted by molar-refractivity contribution is -0.123. The van der Waals surface area contributed by atoms with E-state index >= 15 is 0 Å². The number of carbonyl (C=O) groups excluding carboxylic acids is 1. The molecule has 0 aliphatic carbocycles. The Morgan fingerprint density at radius 2 is 1.39 bits per heavy atom. The number of benzene rings is 4. The molecule has 0 radical (unpaired) electrons. The van der Waals surface area contributed by atoms with Crippen molar-refractivity contribution < 1.29 is 4.79 Å². The van der Waals surface area contributed by atoms with E-state index in [1.165, 1.54) is 27.5 Å². The lowest BCUT2D eigenvalue weighted by atomic mass is 9.78. The molecule has 0 spiro atoms. The van der Waals surface area contributed by atoms with Crippen molar-refractivity contribution in [1.29, 1.82) is 0 Å². The van der Waals surface area contributed by atoms with Crippen LogP contribution < -0.4 is 5.32 Å². The summed E-state index contributed by atoms with van der Waals surface area (Å²) in [6.45, 7) is 0. The predicted octanol–water partition coefficient (Wildman–Crippen LogP) is 5.39. The summed E-state index contributed by atoms with van der Waals surface area (Å²) >= 11 is 0. The minimum atomic E-state index is -0.191. The second-order valence-corrected chi connectivity index (χ2v) is 7.38. The van der Waals surface area contributed by atoms with Gasteiger partial charge in [0.15, 0.2) is 0 Å². The molecule has 0 saturated carbocycles. The van der Waals surface area contributed by atoms with Crippen molar-refractivity contribution in [3.05, 3.63) is 119 Å². The number of rotatable bonds is 3. The quantitative estimate of drug-likeness (QED) is 0.520. The highest BCUT2D eigenvalue weighted by Crippen LogP contribution is 2.40. The van der Waals surface area contributed by atoms with Gasteiger partial charge in [0.1, 0.15) is 0 Å². The normalized spacial score (nSPS) is 18.5. The zero-order valence-corrected chi connectivity index (χ0v) is 15.5. The highest BCUT2D eigenvalue weighted by atomic mass is 16.2. The first-order chi connectivity index (χ1) is 13.8. The molecule has 5 rings (SSSR count). The predicted molar refractivity (Wildman–Crippen MR) is 113 cm³/mol. The van der Waals surface area contributed by atoms with Crippen molar-refractivity contribution in [2.24, 2.45) is 0 Å². The molecule has 2 atom stereocenters. The van der Waals surface area contributed by atoms with Crippen LogP contribution in [-0.2, 0) is 11.2 Å². The Hall–Kier alpha value is -3.39. The Morgan fingerprint density at radius 1 is 0.714 bits per heavy atom. The minimum Gasteiger partial charge on any atom is -0.345 e. The third-order valence-corrected chi connectivity index (χ3v) is 5.68. The SMILES string of the molecule is O=C1NC(c2ccccc2)c2ccc3ccccc3c2C1Cc1ccccc1. The van der Waals surface area contributed by atoms with Crippen LogP contribution in [0.1, 0.15) is 34.2 Å². The van der Waals surface area contributed by atoms with Gasteiger partial charge in [0.05, 0.1) is 12.0 Å². The number of hydrogen-bond donors (Lipinski definition) is 1. The van der Waals surface area contributed by atoms with Crippen molar-refractivity contribution in [2.75, 3.05) is 0 Å². The van der Waals surface area contributed by atoms with Gasteiger partial charge in [-0.05, 0) is 39.4 Å². The largest absolute Gasteiger partial charge is 0.345 e. The molecule has 4 aromatic carbocycles. The molecule has 1 amide bonds. The van der Waals surface area contributed by atoms with Crippen LogP contribution in [0, 0.1) is 0 Å². The van der Waals surface area contributed by atoms with Crippen molar-refractivity contribution in [2.45, 2.75) is 18.4 Å². The Kier molecular flexibility index (Phi) is 4.17. The van der Waals surface area contributed by atoms with Crippen LogP contribution in [0.3, 0.4) is 0 Å². The third-order valence-electron chi connectivity index (χ3n) is 5.68. The van der Waals surface area contributed by atoms with Crippen LogP contribution in [0.5, 0.6) is 0 Å². The average molecular weight is 363 g/mol. The molecular formula is C26H21NO. The summed E-state index contributed by atoms with van der Waals surface area (Å²) in [4.78, 5) is 13.3. The molecule has 1 aliphatic rings. The van der Waals surface area contributed by atoms with E-state index in [1.807, 2.05) is 36.4 Å². The fourth-order valence-electron chi connectivity index (χ4n) is 4.36. The fourth-order valence-corrected chi connectivity index (χ4v) is 4.36. The summed E-state index contributed by atoms with van der Waals surface area (Å²) in [7, 11) is 0. The standard InChI is InChI=1S/C26H21NO/c28-26-23(17-18-9-3-1-4-10-18)24-21-14-8-7-11-19(21)15-16-22(24)25(27-26)20-12-5-2-6-13-20/h1-16,23,25H,17H2,(H,27,28). The Bertz CT molecular complexity index is 1130. The van der Waals surface area contributed by atoms with Crippen molar-refractivity contribution in [3.8, 4) is 0 Å². The van der Waals surface area contributed by atoms with Crippen LogP contribution in [0.4, 0.5) is 0 Å². The zero-order valence-electron chi connectivity index (χ0n) is 15.5. The van der Waals surface area contributed by atoms with Gasteiger partial charge in [0.25, 0.3) is 0 Å². The molecule has 2 unspecified atom stereocenters. The second-order valence-electron chi connectivity index (χ2n) is 7.38. The topological polar surface area (TPSA) is 29.1 Å². The van der Waals surface area contributed by atoms with Gasteiger partial charge in [-0.25, -0.2) is 0 Å². The van der Waals surface area contributed by atoms with E-state index in [1.54, 1.807) is 0 Å². The van der Waals surface area contributed by atoms with Gasteiger partial charge < -0.3 is 5.32 Å². The molecule has 1 heterocycles. The highest BCUT2D eigenvalue weighted by molar-refractivity contribution is 5.96. The van der Waals surface area contributed by atoms with Gasteiger partial charge >= 0.3 is 0 Å². The van der Waals surface area contributed by atoms with Gasteiger partial charge in [-0.2, -0.15) is 0 Å². The fraction of sp³-hybridized carbons (Fsp3) is 0.115. The van der Waals surface area contributed by atoms with Crippen molar-refractivity contribution >= 4 is 16.7 Å². The molecular weight excluding hydrogens is 342 g/mol. The van der Waals surface area contributed by atoms with Crippen LogP contribution in [0.15, 0.2) is 97.1 Å². The van der Waals surface area contributed by atoms with E-state index in [4.69, 9.17) is 0 Å². The van der Waals surface area contributed by atoms with E-state index in [0.717, 1.165) is 5.56 Å². The molecule has 2 heteroatoms. The number of nitrogens with one attached hydrogen (secondary N) is 1. The van der Waals surface area contributed by atoms with E-state index in [0.29, 0.717) is 6.42 Å². The average Bonchev–Trinajstić information content (AvgIpc) is 2.76. The van der Waals surface area contributed by atoms with Gasteiger partial charge in [-0.15, -0.1) is 0 Å². The molecule has 0 bridgehead atoms. The molecule has 4 aromatic rings. The van der Waals surface area contributed by atoms with Gasteiger partial charge in [-0.3, -0.25) is 4.79 Å². The lowest BCUT2D eigenvalue weighted by Crippen LogP contribution is -2.40. The van der Waals surface area contributed by atoms with Crippen molar-refractivity contribution in [1.82, 2.24) is 5.32 Å². The van der Waals surface area contributed by atoms with E-state index in [-0.39, 0.29) is 17.9 Å². The first-order valence-corrected chi connectivity index (χ1v) is 9.72. The second kappa shape index (κ2) is 6.97. The van der Waals surface area contributed by atoms with Gasteiger partial charge in [0.2, 0.25) is 5.91 Å². The molecule has 28 heavy (non-hydrogen) atoms. The zero-order chi connectivity index (χ0) is 18.9. The monoisotopic (exact) mass is 363 g/mol. The molecule has 136 valence electrons. The summed E-state index contributed by atoms with van der Waals surface area (Å²) in [5, 5.41) is 5.64. The minimum absolute atomic E-state index is 0.0987. The Balaban J connectivity index is 1.70. The summed E-state index contributed by atoms with van der Waals surface area (Å²) < 4.78 is 0. The van der Waals surface area contributed by atoms with E-state index in [2.05, 4.69) is 66.0 Å². The van der Waals surface area contributed by atoms with Gasteiger partial charge in [0, 0.05) is 0 Å². The summed E-state index contributed by atoms with van der Waals surface area (Å²) in [6.07, 6.45) is 0.704. The van der Waals surface area contributed by atoms with Crippen molar-refractivity contribution in [3.63, 3.8) is 0 Å². The molecule has 0 aromatic heterocycles. The van der Waals surface area contributed by atoms with Crippen LogP contribution in [0.25, 0.3) is 10.8 Å². The molecule has 1 aliphatic heterocycles. The van der Waals surface area contributed by atoms with Crippen LogP contribution in [0.2, 0.25) is 0 Å². The maximum atomic E-state index is 13.3. The lowest BCUT2D eigenvalue weighted by Gasteiger charge is -2.33. The number of hydrogen-bond acceptors (Lipinski definition) is 1. The maximum Gasteiger partial charge on any atom is 0.228 e. The number of fused-ring (bicyclic) bond motifs is 3. The summed E-state index contributed by atoms with van der Waals surface area (Å²) in [5.74, 6) is -0.0926. The molecule has 2 nitrogen and oxygen atoms in total. The Labute approximate surface area is 164 Å². The van der Waals surface area contributed by atoms with Gasteiger partial charge in [-0.1, -0.05) is 97.1 Å². The Morgan fingerprint density at radius 3 is 2.18 bits per heavy atom. The summed E-state index contributed by atoms with van der Waals surface area (Å²) in [6, 6.07) is 33.1. The first kappa shape index (κ1) is 16.8. The third kappa shape index (κ3) is 2.87. The van der Waals surface area contributed by atoms with E-state index < -0.39 is 0 Å². The number of amides is 1. The van der Waals surface area contributed by atoms with Crippen LogP contribution >= 0.6 is 0 Å². The summed E-state index contributed by atoms with van der Waals surface area (Å²) in [5.41, 5.74) is 4.66. The highest BCUT2D eigenvalue weighted by Gasteiger charge is 2.35. The molecule has 0 saturated heterocycles. The molecule has 0 fully saturated rings.